The van der Waals surface area contributed by atoms with Gasteiger partial charge in [-0.15, -0.1) is 23.7 Å². The fourth-order valence-corrected chi connectivity index (χ4v) is 2.26. The summed E-state index contributed by atoms with van der Waals surface area (Å²) in [7, 11) is 0. The largest absolute Gasteiger partial charge is 0.382 e. The lowest BCUT2D eigenvalue weighted by atomic mass is 10.3. The Morgan fingerprint density at radius 3 is 2.81 bits per heavy atom. The summed E-state index contributed by atoms with van der Waals surface area (Å²) in [6, 6.07) is 2.18. The van der Waals surface area contributed by atoms with Crippen LogP contribution in [0.4, 0.5) is 0 Å². The van der Waals surface area contributed by atoms with Gasteiger partial charge in [-0.25, -0.2) is 0 Å². The SMILES string of the molecule is CCOCCCCNCc1sccc1C.Cl. The van der Waals surface area contributed by atoms with Crippen molar-refractivity contribution in [2.24, 2.45) is 0 Å². The molecule has 0 aliphatic rings. The Labute approximate surface area is 109 Å². The summed E-state index contributed by atoms with van der Waals surface area (Å²) in [5.41, 5.74) is 1.40. The lowest BCUT2D eigenvalue weighted by Gasteiger charge is -2.04. The Balaban J connectivity index is 0.00000225. The number of hydrogen-bond donors (Lipinski definition) is 1. The summed E-state index contributed by atoms with van der Waals surface area (Å²) in [5.74, 6) is 0. The van der Waals surface area contributed by atoms with Crippen molar-refractivity contribution in [3.8, 4) is 0 Å². The average Bonchev–Trinajstić information content (AvgIpc) is 2.63. The minimum atomic E-state index is 0. The molecule has 2 nitrogen and oxygen atoms in total. The molecule has 1 heterocycles. The van der Waals surface area contributed by atoms with Crippen LogP contribution in [-0.2, 0) is 11.3 Å². The van der Waals surface area contributed by atoms with E-state index in [1.54, 1.807) is 0 Å². The Hall–Kier alpha value is -0.0900. The molecule has 4 heteroatoms. The summed E-state index contributed by atoms with van der Waals surface area (Å²) in [5, 5.41) is 5.61. The lowest BCUT2D eigenvalue weighted by Crippen LogP contribution is -2.14. The highest BCUT2D eigenvalue weighted by molar-refractivity contribution is 7.10. The standard InChI is InChI=1S/C12H21NOS.ClH/c1-3-14-8-5-4-7-13-10-12-11(2)6-9-15-12;/h6,9,13H,3-5,7-8,10H2,1-2H3;1H. The number of halogens is 1. The summed E-state index contributed by atoms with van der Waals surface area (Å²) in [4.78, 5) is 1.46. The van der Waals surface area contributed by atoms with Crippen LogP contribution in [-0.4, -0.2) is 19.8 Å². The maximum absolute atomic E-state index is 5.28. The van der Waals surface area contributed by atoms with E-state index in [9.17, 15) is 0 Å². The summed E-state index contributed by atoms with van der Waals surface area (Å²) in [6.45, 7) is 8.04. The first kappa shape index (κ1) is 15.9. The van der Waals surface area contributed by atoms with E-state index >= 15 is 0 Å². The van der Waals surface area contributed by atoms with Gasteiger partial charge in [-0.05, 0) is 50.2 Å². The number of thiophene rings is 1. The molecule has 0 bridgehead atoms. The third-order valence-corrected chi connectivity index (χ3v) is 3.37. The topological polar surface area (TPSA) is 21.3 Å². The normalized spacial score (nSPS) is 10.1. The number of hydrogen-bond acceptors (Lipinski definition) is 3. The van der Waals surface area contributed by atoms with Crippen molar-refractivity contribution in [1.82, 2.24) is 5.32 Å². The molecule has 0 aliphatic heterocycles. The summed E-state index contributed by atoms with van der Waals surface area (Å²) in [6.07, 6.45) is 2.36. The van der Waals surface area contributed by atoms with Crippen molar-refractivity contribution in [3.63, 3.8) is 0 Å². The predicted octanol–water partition coefficient (Wildman–Crippen LogP) is 3.38. The van der Waals surface area contributed by atoms with Gasteiger partial charge in [0.15, 0.2) is 0 Å². The summed E-state index contributed by atoms with van der Waals surface area (Å²) >= 11 is 1.83. The highest BCUT2D eigenvalue weighted by Crippen LogP contribution is 2.14. The average molecular weight is 264 g/mol. The van der Waals surface area contributed by atoms with Crippen LogP contribution in [0.1, 0.15) is 30.2 Å². The van der Waals surface area contributed by atoms with E-state index in [0.29, 0.717) is 0 Å². The van der Waals surface area contributed by atoms with Crippen LogP contribution in [0.15, 0.2) is 11.4 Å². The molecule has 0 amide bonds. The van der Waals surface area contributed by atoms with Gasteiger partial charge in [0.1, 0.15) is 0 Å². The van der Waals surface area contributed by atoms with Crippen molar-refractivity contribution < 1.29 is 4.74 Å². The van der Waals surface area contributed by atoms with Crippen molar-refractivity contribution in [1.29, 1.82) is 0 Å². The van der Waals surface area contributed by atoms with E-state index in [1.165, 1.54) is 16.9 Å². The van der Waals surface area contributed by atoms with Gasteiger partial charge in [0.05, 0.1) is 0 Å². The molecular weight excluding hydrogens is 242 g/mol. The smallest absolute Gasteiger partial charge is 0.0466 e. The second kappa shape index (κ2) is 10.1. The maximum Gasteiger partial charge on any atom is 0.0466 e. The second-order valence-corrected chi connectivity index (χ2v) is 4.61. The lowest BCUT2D eigenvalue weighted by molar-refractivity contribution is 0.143. The Morgan fingerprint density at radius 1 is 1.38 bits per heavy atom. The molecule has 0 aromatic carbocycles. The van der Waals surface area contributed by atoms with Crippen LogP contribution in [0.2, 0.25) is 0 Å². The molecule has 1 aromatic heterocycles. The molecule has 0 fully saturated rings. The third-order valence-electron chi connectivity index (χ3n) is 2.35. The minimum absolute atomic E-state index is 0. The second-order valence-electron chi connectivity index (χ2n) is 3.61. The van der Waals surface area contributed by atoms with Crippen LogP contribution in [0.5, 0.6) is 0 Å². The molecule has 0 radical (unpaired) electrons. The fraction of sp³-hybridized carbons (Fsp3) is 0.667. The van der Waals surface area contributed by atoms with E-state index in [0.717, 1.165) is 32.7 Å². The van der Waals surface area contributed by atoms with Gasteiger partial charge >= 0.3 is 0 Å². The highest BCUT2D eigenvalue weighted by Gasteiger charge is 1.97. The molecule has 0 unspecified atom stereocenters. The van der Waals surface area contributed by atoms with Gasteiger partial charge in [-0.3, -0.25) is 0 Å². The molecule has 0 saturated heterocycles. The van der Waals surface area contributed by atoms with Gasteiger partial charge < -0.3 is 10.1 Å². The molecular formula is C12H22ClNOS. The number of unbranched alkanes of at least 4 members (excludes halogenated alkanes) is 1. The van der Waals surface area contributed by atoms with Crippen LogP contribution in [0.25, 0.3) is 0 Å². The van der Waals surface area contributed by atoms with E-state index in [2.05, 4.69) is 23.7 Å². The third kappa shape index (κ3) is 6.48. The molecule has 94 valence electrons. The minimum Gasteiger partial charge on any atom is -0.382 e. The molecule has 16 heavy (non-hydrogen) atoms. The van der Waals surface area contributed by atoms with E-state index in [1.807, 2.05) is 18.3 Å². The van der Waals surface area contributed by atoms with Crippen LogP contribution in [0.3, 0.4) is 0 Å². The van der Waals surface area contributed by atoms with Crippen molar-refractivity contribution in [2.75, 3.05) is 19.8 Å². The first-order valence-corrected chi connectivity index (χ1v) is 6.54. The van der Waals surface area contributed by atoms with Gasteiger partial charge in [-0.1, -0.05) is 0 Å². The zero-order chi connectivity index (χ0) is 10.9. The molecule has 1 aromatic rings. The highest BCUT2D eigenvalue weighted by atomic mass is 35.5. The Bertz CT molecular complexity index is 265. The molecule has 0 spiro atoms. The van der Waals surface area contributed by atoms with Gasteiger partial charge in [0.25, 0.3) is 0 Å². The van der Waals surface area contributed by atoms with E-state index in [-0.39, 0.29) is 12.4 Å². The monoisotopic (exact) mass is 263 g/mol. The molecule has 1 rings (SSSR count). The fourth-order valence-electron chi connectivity index (χ4n) is 1.39. The number of aryl methyl sites for hydroxylation is 1. The number of nitrogens with one attached hydrogen (secondary N) is 1. The maximum atomic E-state index is 5.28. The number of rotatable bonds is 8. The van der Waals surface area contributed by atoms with Crippen molar-refractivity contribution in [2.45, 2.75) is 33.2 Å². The molecule has 1 N–H and O–H groups in total. The van der Waals surface area contributed by atoms with Crippen LogP contribution < -0.4 is 5.32 Å². The zero-order valence-corrected chi connectivity index (χ0v) is 11.8. The van der Waals surface area contributed by atoms with Gasteiger partial charge in [0, 0.05) is 24.6 Å². The first-order chi connectivity index (χ1) is 7.34. The molecule has 0 atom stereocenters. The Morgan fingerprint density at radius 2 is 2.19 bits per heavy atom. The zero-order valence-electron chi connectivity index (χ0n) is 10.1. The van der Waals surface area contributed by atoms with Gasteiger partial charge in [-0.2, -0.15) is 0 Å². The van der Waals surface area contributed by atoms with Crippen LogP contribution in [0, 0.1) is 6.92 Å². The first-order valence-electron chi connectivity index (χ1n) is 5.66. The quantitative estimate of drug-likeness (QED) is 0.726. The van der Waals surface area contributed by atoms with Crippen molar-refractivity contribution in [3.05, 3.63) is 21.9 Å². The van der Waals surface area contributed by atoms with Crippen LogP contribution >= 0.6 is 23.7 Å². The summed E-state index contributed by atoms with van der Waals surface area (Å²) < 4.78 is 5.28. The predicted molar refractivity (Wildman–Crippen MR) is 73.7 cm³/mol. The molecule has 0 aliphatic carbocycles. The van der Waals surface area contributed by atoms with Gasteiger partial charge in [0.2, 0.25) is 0 Å². The van der Waals surface area contributed by atoms with E-state index in [4.69, 9.17) is 4.74 Å². The molecule has 0 saturated carbocycles. The van der Waals surface area contributed by atoms with Crippen molar-refractivity contribution >= 4 is 23.7 Å². The van der Waals surface area contributed by atoms with E-state index < -0.39 is 0 Å². The number of ether oxygens (including phenoxy) is 1. The Kier molecular flexibility index (Phi) is 10.0.